The number of ether oxygens (including phenoxy) is 4. The third-order valence-corrected chi connectivity index (χ3v) is 5.89. The smallest absolute Gasteiger partial charge is 0.190 e. The minimum Gasteiger partial charge on any atom is -0.387 e. The van der Waals surface area contributed by atoms with Crippen molar-refractivity contribution in [1.29, 1.82) is 0 Å². The highest BCUT2D eigenvalue weighted by molar-refractivity contribution is 7.99. The van der Waals surface area contributed by atoms with Gasteiger partial charge in [0.1, 0.15) is 29.9 Å². The zero-order valence-corrected chi connectivity index (χ0v) is 14.1. The SMILES string of the molecule is OC1C(Sc2ccccc2)OC2C3OC(c4ccccc4)OC3OC12. The van der Waals surface area contributed by atoms with Gasteiger partial charge in [-0.25, -0.2) is 0 Å². The predicted molar refractivity (Wildman–Crippen MR) is 90.8 cm³/mol. The van der Waals surface area contributed by atoms with Crippen molar-refractivity contribution < 1.29 is 24.1 Å². The van der Waals surface area contributed by atoms with Crippen molar-refractivity contribution in [3.05, 3.63) is 66.2 Å². The van der Waals surface area contributed by atoms with Crippen molar-refractivity contribution >= 4 is 11.8 Å². The third-order valence-electron chi connectivity index (χ3n) is 4.72. The van der Waals surface area contributed by atoms with Crippen LogP contribution in [0.15, 0.2) is 65.6 Å². The molecule has 7 atom stereocenters. The van der Waals surface area contributed by atoms with Crippen LogP contribution in [0, 0.1) is 0 Å². The van der Waals surface area contributed by atoms with Gasteiger partial charge in [-0.05, 0) is 12.1 Å². The molecule has 7 unspecified atom stereocenters. The molecule has 2 aromatic carbocycles. The summed E-state index contributed by atoms with van der Waals surface area (Å²) in [6.45, 7) is 0. The molecule has 3 aliphatic rings. The maximum Gasteiger partial charge on any atom is 0.190 e. The van der Waals surface area contributed by atoms with Gasteiger partial charge in [-0.15, -0.1) is 0 Å². The molecular weight excluding hydrogens is 340 g/mol. The molecule has 0 amide bonds. The van der Waals surface area contributed by atoms with Crippen LogP contribution in [-0.4, -0.2) is 41.2 Å². The number of benzene rings is 2. The zero-order valence-electron chi connectivity index (χ0n) is 13.3. The highest BCUT2D eigenvalue weighted by Gasteiger charge is 2.60. The molecule has 0 aromatic heterocycles. The molecule has 0 aliphatic carbocycles. The zero-order chi connectivity index (χ0) is 16.8. The van der Waals surface area contributed by atoms with E-state index in [1.165, 1.54) is 11.8 Å². The second-order valence-corrected chi connectivity index (χ2v) is 7.51. The van der Waals surface area contributed by atoms with E-state index < -0.39 is 24.8 Å². The molecule has 5 rings (SSSR count). The summed E-state index contributed by atoms with van der Waals surface area (Å²) in [5.74, 6) is 0. The van der Waals surface area contributed by atoms with E-state index in [9.17, 15) is 5.11 Å². The predicted octanol–water partition coefficient (Wildman–Crippen LogP) is 2.70. The van der Waals surface area contributed by atoms with Crippen molar-refractivity contribution in [1.82, 2.24) is 0 Å². The summed E-state index contributed by atoms with van der Waals surface area (Å²) in [7, 11) is 0. The van der Waals surface area contributed by atoms with Crippen molar-refractivity contribution in [2.24, 2.45) is 0 Å². The van der Waals surface area contributed by atoms with E-state index in [-0.39, 0.29) is 17.6 Å². The molecule has 0 bridgehead atoms. The summed E-state index contributed by atoms with van der Waals surface area (Å²) >= 11 is 1.50. The number of fused-ring (bicyclic) bond motifs is 3. The summed E-state index contributed by atoms with van der Waals surface area (Å²) in [5.41, 5.74) is 0.573. The molecule has 1 N–H and O–H groups in total. The first kappa shape index (κ1) is 15.8. The van der Waals surface area contributed by atoms with Gasteiger partial charge in [0, 0.05) is 10.5 Å². The van der Waals surface area contributed by atoms with Crippen LogP contribution in [0.25, 0.3) is 0 Å². The number of aliphatic hydroxyl groups is 1. The Kier molecular flexibility index (Phi) is 4.04. The van der Waals surface area contributed by atoms with Crippen molar-refractivity contribution in [2.75, 3.05) is 0 Å². The van der Waals surface area contributed by atoms with Crippen LogP contribution in [0.3, 0.4) is 0 Å². The van der Waals surface area contributed by atoms with Gasteiger partial charge in [0.05, 0.1) is 0 Å². The lowest BCUT2D eigenvalue weighted by molar-refractivity contribution is -0.172. The van der Waals surface area contributed by atoms with Gasteiger partial charge >= 0.3 is 0 Å². The van der Waals surface area contributed by atoms with Gasteiger partial charge in [-0.3, -0.25) is 0 Å². The molecule has 6 heteroatoms. The van der Waals surface area contributed by atoms with Crippen LogP contribution in [0.2, 0.25) is 0 Å². The minimum atomic E-state index is -0.719. The average Bonchev–Trinajstić information content (AvgIpc) is 3.29. The van der Waals surface area contributed by atoms with Crippen LogP contribution in [0.1, 0.15) is 11.9 Å². The topological polar surface area (TPSA) is 57.2 Å². The Morgan fingerprint density at radius 1 is 0.720 bits per heavy atom. The molecule has 3 fully saturated rings. The Labute approximate surface area is 149 Å². The number of hydrogen-bond donors (Lipinski definition) is 1. The third kappa shape index (κ3) is 2.79. The maximum atomic E-state index is 10.6. The molecule has 3 aliphatic heterocycles. The molecule has 3 heterocycles. The van der Waals surface area contributed by atoms with Crippen LogP contribution in [0.5, 0.6) is 0 Å². The fourth-order valence-electron chi connectivity index (χ4n) is 3.52. The first-order valence-corrected chi connectivity index (χ1v) is 9.24. The second-order valence-electron chi connectivity index (χ2n) is 6.34. The van der Waals surface area contributed by atoms with E-state index >= 15 is 0 Å². The molecule has 0 saturated carbocycles. The summed E-state index contributed by atoms with van der Waals surface area (Å²) in [6, 6.07) is 19.7. The largest absolute Gasteiger partial charge is 0.387 e. The Morgan fingerprint density at radius 3 is 2.20 bits per heavy atom. The van der Waals surface area contributed by atoms with E-state index in [4.69, 9.17) is 18.9 Å². The van der Waals surface area contributed by atoms with Crippen LogP contribution in [0.4, 0.5) is 0 Å². The first-order valence-electron chi connectivity index (χ1n) is 8.36. The van der Waals surface area contributed by atoms with E-state index in [2.05, 4.69) is 0 Å². The average molecular weight is 358 g/mol. The lowest BCUT2D eigenvalue weighted by atomic mass is 10.1. The van der Waals surface area contributed by atoms with Crippen molar-refractivity contribution in [2.45, 2.75) is 47.3 Å². The summed E-state index contributed by atoms with van der Waals surface area (Å²) < 4.78 is 23.9. The Hall–Kier alpha value is -1.41. The summed E-state index contributed by atoms with van der Waals surface area (Å²) in [5, 5.41) is 10.6. The fraction of sp³-hybridized carbons (Fsp3) is 0.368. The number of aliphatic hydroxyl groups excluding tert-OH is 1. The van der Waals surface area contributed by atoms with E-state index in [0.717, 1.165) is 10.5 Å². The molecule has 0 radical (unpaired) electrons. The van der Waals surface area contributed by atoms with Gasteiger partial charge < -0.3 is 24.1 Å². The van der Waals surface area contributed by atoms with E-state index in [1.807, 2.05) is 60.7 Å². The lowest BCUT2D eigenvalue weighted by Gasteiger charge is -2.18. The second kappa shape index (κ2) is 6.39. The molecule has 25 heavy (non-hydrogen) atoms. The molecular formula is C19H18O5S. The molecule has 130 valence electrons. The van der Waals surface area contributed by atoms with Crippen molar-refractivity contribution in [3.63, 3.8) is 0 Å². The van der Waals surface area contributed by atoms with Gasteiger partial charge in [-0.1, -0.05) is 60.3 Å². The quantitative estimate of drug-likeness (QED) is 0.910. The van der Waals surface area contributed by atoms with Gasteiger partial charge in [0.2, 0.25) is 0 Å². The fourth-order valence-corrected chi connectivity index (χ4v) is 4.58. The van der Waals surface area contributed by atoms with Gasteiger partial charge in [0.25, 0.3) is 0 Å². The molecule has 3 saturated heterocycles. The normalized spacial score (nSPS) is 39.3. The summed E-state index contributed by atoms with van der Waals surface area (Å²) in [6.07, 6.45) is -2.76. The first-order chi connectivity index (χ1) is 12.3. The Morgan fingerprint density at radius 2 is 1.44 bits per heavy atom. The monoisotopic (exact) mass is 358 g/mol. The van der Waals surface area contributed by atoms with Gasteiger partial charge in [-0.2, -0.15) is 0 Å². The van der Waals surface area contributed by atoms with Crippen molar-refractivity contribution in [3.8, 4) is 0 Å². The van der Waals surface area contributed by atoms with E-state index in [0.29, 0.717) is 0 Å². The number of thioether (sulfide) groups is 1. The number of hydrogen-bond acceptors (Lipinski definition) is 6. The van der Waals surface area contributed by atoms with Crippen LogP contribution in [-0.2, 0) is 18.9 Å². The lowest BCUT2D eigenvalue weighted by Crippen LogP contribution is -2.32. The molecule has 0 spiro atoms. The summed E-state index contributed by atoms with van der Waals surface area (Å²) in [4.78, 5) is 1.05. The molecule has 2 aromatic rings. The minimum absolute atomic E-state index is 0.324. The standard InChI is InChI=1S/C19H18O5S/c20-13-14-15(23-19(13)25-12-9-5-2-6-10-12)16-18(21-14)24-17(22-16)11-7-3-1-4-8-11/h1-10,13-20H. The van der Waals surface area contributed by atoms with Crippen LogP contribution >= 0.6 is 11.8 Å². The molecule has 5 nitrogen and oxygen atoms in total. The highest BCUT2D eigenvalue weighted by atomic mass is 32.2. The van der Waals surface area contributed by atoms with Gasteiger partial charge in [0.15, 0.2) is 12.6 Å². The number of rotatable bonds is 3. The Bertz CT molecular complexity index is 727. The van der Waals surface area contributed by atoms with Crippen LogP contribution < -0.4 is 0 Å². The Balaban J connectivity index is 1.29. The van der Waals surface area contributed by atoms with E-state index in [1.54, 1.807) is 0 Å². The highest BCUT2D eigenvalue weighted by Crippen LogP contribution is 2.47. The maximum absolute atomic E-state index is 10.6.